The number of benzene rings is 1. The monoisotopic (exact) mass is 319 g/mol. The highest BCUT2D eigenvalue weighted by molar-refractivity contribution is 5.72. The van der Waals surface area contributed by atoms with Gasteiger partial charge in [0.15, 0.2) is 17.1 Å². The Hall–Kier alpha value is -2.89. The van der Waals surface area contributed by atoms with E-state index < -0.39 is 0 Å². The zero-order chi connectivity index (χ0) is 15.9. The van der Waals surface area contributed by atoms with E-state index in [9.17, 15) is 0 Å². The lowest BCUT2D eigenvalue weighted by Crippen LogP contribution is -2.35. The van der Waals surface area contributed by atoms with E-state index in [0.717, 1.165) is 54.4 Å². The quantitative estimate of drug-likeness (QED) is 0.567. The first-order valence-electron chi connectivity index (χ1n) is 8.28. The minimum atomic E-state index is 0.300. The molecule has 0 N–H and O–H groups in total. The lowest BCUT2D eigenvalue weighted by molar-refractivity contribution is 0.412. The normalized spacial score (nSPS) is 18.5. The molecule has 3 aromatic heterocycles. The molecule has 4 heterocycles. The number of rotatable bonds is 2. The molecule has 1 unspecified atom stereocenters. The van der Waals surface area contributed by atoms with Gasteiger partial charge in [-0.3, -0.25) is 0 Å². The summed E-state index contributed by atoms with van der Waals surface area (Å²) in [6.07, 6.45) is 5.93. The summed E-state index contributed by atoms with van der Waals surface area (Å²) in [5.74, 6) is 2.13. The standard InChI is InChI=1S/C18H17N5O/c1-2-6-15-14(5-1)20-18(24-15)13-4-3-10-22(12-13)16-8-11-23-17(21-16)7-9-19-23/h1-2,5-9,11,13H,3-4,10,12H2. The van der Waals surface area contributed by atoms with Crippen LogP contribution in [0.5, 0.6) is 0 Å². The summed E-state index contributed by atoms with van der Waals surface area (Å²) in [5.41, 5.74) is 2.67. The SMILES string of the molecule is c1ccc2oc(C3CCCN(c4ccn5nccc5n4)C3)nc2c1. The van der Waals surface area contributed by atoms with Crippen molar-refractivity contribution in [1.82, 2.24) is 19.6 Å². The number of para-hydroxylation sites is 2. The highest BCUT2D eigenvalue weighted by Crippen LogP contribution is 2.30. The third kappa shape index (κ3) is 2.22. The number of piperidine rings is 1. The molecule has 1 aromatic carbocycles. The van der Waals surface area contributed by atoms with Crippen LogP contribution in [0, 0.1) is 0 Å². The Morgan fingerprint density at radius 3 is 3.00 bits per heavy atom. The van der Waals surface area contributed by atoms with Gasteiger partial charge in [0, 0.05) is 25.4 Å². The molecule has 1 aliphatic rings. The van der Waals surface area contributed by atoms with Crippen molar-refractivity contribution < 1.29 is 4.42 Å². The van der Waals surface area contributed by atoms with E-state index in [-0.39, 0.29) is 0 Å². The number of fused-ring (bicyclic) bond motifs is 2. The minimum Gasteiger partial charge on any atom is -0.440 e. The maximum Gasteiger partial charge on any atom is 0.200 e. The van der Waals surface area contributed by atoms with Crippen molar-refractivity contribution in [3.8, 4) is 0 Å². The molecule has 24 heavy (non-hydrogen) atoms. The predicted molar refractivity (Wildman–Crippen MR) is 91.2 cm³/mol. The van der Waals surface area contributed by atoms with Crippen LogP contribution in [0.15, 0.2) is 53.2 Å². The summed E-state index contributed by atoms with van der Waals surface area (Å²) in [4.78, 5) is 11.7. The molecule has 1 saturated heterocycles. The fourth-order valence-corrected chi connectivity index (χ4v) is 3.43. The molecule has 5 rings (SSSR count). The Kier molecular flexibility index (Phi) is 3.01. The van der Waals surface area contributed by atoms with E-state index in [4.69, 9.17) is 9.40 Å². The first-order valence-corrected chi connectivity index (χ1v) is 8.28. The fourth-order valence-electron chi connectivity index (χ4n) is 3.43. The average molecular weight is 319 g/mol. The molecule has 0 bridgehead atoms. The van der Waals surface area contributed by atoms with E-state index in [1.54, 1.807) is 10.7 Å². The second kappa shape index (κ2) is 5.33. The van der Waals surface area contributed by atoms with E-state index in [1.807, 2.05) is 42.6 Å². The van der Waals surface area contributed by atoms with Crippen LogP contribution >= 0.6 is 0 Å². The van der Waals surface area contributed by atoms with Crippen LogP contribution in [0.2, 0.25) is 0 Å². The topological polar surface area (TPSA) is 59.5 Å². The largest absolute Gasteiger partial charge is 0.440 e. The van der Waals surface area contributed by atoms with Gasteiger partial charge in [-0.2, -0.15) is 5.10 Å². The second-order valence-corrected chi connectivity index (χ2v) is 6.22. The summed E-state index contributed by atoms with van der Waals surface area (Å²) < 4.78 is 7.76. The second-order valence-electron chi connectivity index (χ2n) is 6.22. The van der Waals surface area contributed by atoms with Crippen LogP contribution in [0.1, 0.15) is 24.7 Å². The summed E-state index contributed by atoms with van der Waals surface area (Å²) in [7, 11) is 0. The lowest BCUT2D eigenvalue weighted by Gasteiger charge is -2.32. The van der Waals surface area contributed by atoms with Gasteiger partial charge in [-0.25, -0.2) is 14.5 Å². The van der Waals surface area contributed by atoms with Crippen molar-refractivity contribution >= 4 is 22.6 Å². The summed E-state index contributed by atoms with van der Waals surface area (Å²) in [6, 6.07) is 11.9. The number of nitrogens with zero attached hydrogens (tertiary/aromatic N) is 5. The van der Waals surface area contributed by atoms with Crippen LogP contribution in [0.3, 0.4) is 0 Å². The fraction of sp³-hybridized carbons (Fsp3) is 0.278. The summed E-state index contributed by atoms with van der Waals surface area (Å²) in [5, 5.41) is 4.20. The van der Waals surface area contributed by atoms with Crippen molar-refractivity contribution in [2.24, 2.45) is 0 Å². The highest BCUT2D eigenvalue weighted by atomic mass is 16.3. The third-order valence-corrected chi connectivity index (χ3v) is 4.65. The Labute approximate surface area is 138 Å². The van der Waals surface area contributed by atoms with Gasteiger partial charge in [0.25, 0.3) is 0 Å². The minimum absolute atomic E-state index is 0.300. The smallest absolute Gasteiger partial charge is 0.200 e. The molecule has 0 aliphatic carbocycles. The average Bonchev–Trinajstić information content (AvgIpc) is 3.27. The Morgan fingerprint density at radius 2 is 2.04 bits per heavy atom. The van der Waals surface area contributed by atoms with Crippen LogP contribution in [-0.4, -0.2) is 32.7 Å². The lowest BCUT2D eigenvalue weighted by atomic mass is 9.98. The van der Waals surface area contributed by atoms with E-state index >= 15 is 0 Å². The molecular weight excluding hydrogens is 302 g/mol. The zero-order valence-electron chi connectivity index (χ0n) is 13.2. The van der Waals surface area contributed by atoms with Crippen molar-refractivity contribution in [2.75, 3.05) is 18.0 Å². The van der Waals surface area contributed by atoms with Crippen LogP contribution in [0.4, 0.5) is 5.82 Å². The van der Waals surface area contributed by atoms with Gasteiger partial charge < -0.3 is 9.32 Å². The molecule has 120 valence electrons. The molecule has 0 radical (unpaired) electrons. The molecule has 0 saturated carbocycles. The number of oxazole rings is 1. The number of hydrogen-bond acceptors (Lipinski definition) is 5. The van der Waals surface area contributed by atoms with Gasteiger partial charge >= 0.3 is 0 Å². The molecule has 0 amide bonds. The van der Waals surface area contributed by atoms with Crippen molar-refractivity contribution in [3.05, 3.63) is 54.7 Å². The Morgan fingerprint density at radius 1 is 1.08 bits per heavy atom. The van der Waals surface area contributed by atoms with E-state index in [1.165, 1.54) is 0 Å². The van der Waals surface area contributed by atoms with Crippen LogP contribution < -0.4 is 4.90 Å². The third-order valence-electron chi connectivity index (χ3n) is 4.65. The zero-order valence-corrected chi connectivity index (χ0v) is 13.2. The van der Waals surface area contributed by atoms with Gasteiger partial charge in [0.2, 0.25) is 0 Å². The summed E-state index contributed by atoms with van der Waals surface area (Å²) >= 11 is 0. The predicted octanol–water partition coefficient (Wildman–Crippen LogP) is 3.25. The van der Waals surface area contributed by atoms with Gasteiger partial charge in [0.1, 0.15) is 11.3 Å². The number of hydrogen-bond donors (Lipinski definition) is 0. The van der Waals surface area contributed by atoms with Gasteiger partial charge in [-0.15, -0.1) is 0 Å². The molecule has 0 spiro atoms. The van der Waals surface area contributed by atoms with Crippen molar-refractivity contribution in [2.45, 2.75) is 18.8 Å². The van der Waals surface area contributed by atoms with Gasteiger partial charge in [-0.1, -0.05) is 12.1 Å². The first-order chi connectivity index (χ1) is 11.9. The molecule has 6 heteroatoms. The molecule has 4 aromatic rings. The maximum atomic E-state index is 5.98. The molecule has 1 fully saturated rings. The maximum absolute atomic E-state index is 5.98. The van der Waals surface area contributed by atoms with Crippen molar-refractivity contribution in [1.29, 1.82) is 0 Å². The van der Waals surface area contributed by atoms with Gasteiger partial charge in [0.05, 0.1) is 12.1 Å². The number of aromatic nitrogens is 4. The Balaban J connectivity index is 1.44. The van der Waals surface area contributed by atoms with Gasteiger partial charge in [-0.05, 0) is 31.0 Å². The van der Waals surface area contributed by atoms with Crippen molar-refractivity contribution in [3.63, 3.8) is 0 Å². The molecule has 6 nitrogen and oxygen atoms in total. The Bertz CT molecular complexity index is 964. The van der Waals surface area contributed by atoms with E-state index in [0.29, 0.717) is 5.92 Å². The van der Waals surface area contributed by atoms with E-state index in [2.05, 4.69) is 15.0 Å². The van der Waals surface area contributed by atoms with Crippen LogP contribution in [-0.2, 0) is 0 Å². The molecular formula is C18H17N5O. The highest BCUT2D eigenvalue weighted by Gasteiger charge is 2.26. The molecule has 1 atom stereocenters. The summed E-state index contributed by atoms with van der Waals surface area (Å²) in [6.45, 7) is 1.89. The molecule has 1 aliphatic heterocycles. The first kappa shape index (κ1) is 13.5. The number of anilines is 1. The van der Waals surface area contributed by atoms with Crippen LogP contribution in [0.25, 0.3) is 16.7 Å².